The second-order valence-corrected chi connectivity index (χ2v) is 8.56. The minimum atomic E-state index is 0.335. The van der Waals surface area contributed by atoms with Gasteiger partial charge in [0.1, 0.15) is 0 Å². The lowest BCUT2D eigenvalue weighted by Crippen LogP contribution is -2.43. The lowest BCUT2D eigenvalue weighted by molar-refractivity contribution is 0.0203. The van der Waals surface area contributed by atoms with Crippen molar-refractivity contribution in [3.63, 3.8) is 0 Å². The van der Waals surface area contributed by atoms with Crippen LogP contribution in [0.5, 0.6) is 0 Å². The van der Waals surface area contributed by atoms with Crippen molar-refractivity contribution in [1.82, 2.24) is 9.80 Å². The minimum absolute atomic E-state index is 0.335. The molecule has 1 unspecified atom stereocenters. The van der Waals surface area contributed by atoms with Gasteiger partial charge in [-0.1, -0.05) is 60.2 Å². The van der Waals surface area contributed by atoms with Gasteiger partial charge in [0, 0.05) is 32.8 Å². The predicted molar refractivity (Wildman–Crippen MR) is 116 cm³/mol. The van der Waals surface area contributed by atoms with Gasteiger partial charge in [-0.3, -0.25) is 4.90 Å². The van der Waals surface area contributed by atoms with Gasteiger partial charge in [0.25, 0.3) is 0 Å². The first-order valence-corrected chi connectivity index (χ1v) is 10.9. The highest BCUT2D eigenvalue weighted by molar-refractivity contribution is 5.25. The fraction of sp³-hybridized carbons (Fsp3) is 0.520. The van der Waals surface area contributed by atoms with Gasteiger partial charge in [-0.2, -0.15) is 0 Å². The van der Waals surface area contributed by atoms with E-state index in [1.807, 2.05) is 0 Å². The van der Waals surface area contributed by atoms with Crippen LogP contribution in [-0.2, 0) is 11.3 Å². The number of piperidine rings is 1. The molecule has 4 rings (SSSR count). The van der Waals surface area contributed by atoms with Gasteiger partial charge in [0.05, 0.1) is 6.10 Å². The largest absolute Gasteiger partial charge is 0.376 e. The molecule has 0 radical (unpaired) electrons. The SMILES string of the molecule is Cc1cccc(C2CCN(CC3CN(Cc4ccccc4)CCCO3)CC2)c1. The molecule has 0 saturated carbocycles. The normalized spacial score (nSPS) is 22.8. The first kappa shape index (κ1) is 19.6. The molecule has 2 aliphatic heterocycles. The van der Waals surface area contributed by atoms with Gasteiger partial charge in [-0.15, -0.1) is 0 Å². The quantitative estimate of drug-likeness (QED) is 0.764. The Labute approximate surface area is 170 Å². The molecule has 0 spiro atoms. The van der Waals surface area contributed by atoms with Gasteiger partial charge in [0.2, 0.25) is 0 Å². The third-order valence-corrected chi connectivity index (χ3v) is 6.25. The highest BCUT2D eigenvalue weighted by Gasteiger charge is 2.25. The Kier molecular flexibility index (Phi) is 6.79. The molecule has 0 amide bonds. The summed E-state index contributed by atoms with van der Waals surface area (Å²) in [6, 6.07) is 19.9. The third kappa shape index (κ3) is 5.44. The fourth-order valence-corrected chi connectivity index (χ4v) is 4.73. The van der Waals surface area contributed by atoms with E-state index in [4.69, 9.17) is 4.74 Å². The summed E-state index contributed by atoms with van der Waals surface area (Å²) in [4.78, 5) is 5.20. The van der Waals surface area contributed by atoms with Gasteiger partial charge < -0.3 is 9.64 Å². The Balaban J connectivity index is 1.28. The topological polar surface area (TPSA) is 15.7 Å². The van der Waals surface area contributed by atoms with Crippen LogP contribution in [0.25, 0.3) is 0 Å². The van der Waals surface area contributed by atoms with Crippen molar-refractivity contribution in [3.8, 4) is 0 Å². The predicted octanol–water partition coefficient (Wildman–Crippen LogP) is 4.47. The molecule has 2 aromatic carbocycles. The fourth-order valence-electron chi connectivity index (χ4n) is 4.73. The molecule has 0 bridgehead atoms. The summed E-state index contributed by atoms with van der Waals surface area (Å²) < 4.78 is 6.22. The molecule has 0 aromatic heterocycles. The molecule has 0 aliphatic carbocycles. The zero-order chi connectivity index (χ0) is 19.2. The Morgan fingerprint density at radius 1 is 0.929 bits per heavy atom. The monoisotopic (exact) mass is 378 g/mol. The second kappa shape index (κ2) is 9.69. The van der Waals surface area contributed by atoms with Gasteiger partial charge >= 0.3 is 0 Å². The van der Waals surface area contributed by atoms with E-state index in [9.17, 15) is 0 Å². The van der Waals surface area contributed by atoms with Gasteiger partial charge in [-0.25, -0.2) is 0 Å². The molecule has 150 valence electrons. The van der Waals surface area contributed by atoms with Crippen LogP contribution in [0.1, 0.15) is 41.9 Å². The summed E-state index contributed by atoms with van der Waals surface area (Å²) in [7, 11) is 0. The molecule has 2 heterocycles. The third-order valence-electron chi connectivity index (χ3n) is 6.25. The summed E-state index contributed by atoms with van der Waals surface area (Å²) in [6.45, 7) is 9.78. The molecule has 2 fully saturated rings. The van der Waals surface area contributed by atoms with Crippen LogP contribution in [0, 0.1) is 6.92 Å². The van der Waals surface area contributed by atoms with E-state index in [1.165, 1.54) is 42.6 Å². The van der Waals surface area contributed by atoms with Crippen molar-refractivity contribution in [2.45, 2.75) is 44.8 Å². The first-order valence-electron chi connectivity index (χ1n) is 10.9. The zero-order valence-electron chi connectivity index (χ0n) is 17.2. The van der Waals surface area contributed by atoms with Crippen LogP contribution in [0.4, 0.5) is 0 Å². The summed E-state index contributed by atoms with van der Waals surface area (Å²) in [5.41, 5.74) is 4.31. The molecule has 2 saturated heterocycles. The molecule has 2 aromatic rings. The van der Waals surface area contributed by atoms with Crippen LogP contribution in [0.15, 0.2) is 54.6 Å². The maximum absolute atomic E-state index is 6.22. The molecule has 28 heavy (non-hydrogen) atoms. The number of rotatable bonds is 5. The molecular weight excluding hydrogens is 344 g/mol. The van der Waals surface area contributed by atoms with Crippen molar-refractivity contribution in [2.24, 2.45) is 0 Å². The molecular formula is C25H34N2O. The number of ether oxygens (including phenoxy) is 1. The summed E-state index contributed by atoms with van der Waals surface area (Å²) in [6.07, 6.45) is 4.01. The molecule has 3 heteroatoms. The number of nitrogens with zero attached hydrogens (tertiary/aromatic N) is 2. The number of benzene rings is 2. The Hall–Kier alpha value is -1.68. The summed E-state index contributed by atoms with van der Waals surface area (Å²) in [5, 5.41) is 0. The smallest absolute Gasteiger partial charge is 0.0828 e. The number of aryl methyl sites for hydroxylation is 1. The molecule has 1 atom stereocenters. The van der Waals surface area contributed by atoms with E-state index in [2.05, 4.69) is 71.3 Å². The summed E-state index contributed by atoms with van der Waals surface area (Å²) >= 11 is 0. The van der Waals surface area contributed by atoms with Gasteiger partial charge in [0.15, 0.2) is 0 Å². The van der Waals surface area contributed by atoms with Crippen molar-refractivity contribution in [1.29, 1.82) is 0 Å². The van der Waals surface area contributed by atoms with Crippen LogP contribution < -0.4 is 0 Å². The maximum atomic E-state index is 6.22. The second-order valence-electron chi connectivity index (χ2n) is 8.56. The van der Waals surface area contributed by atoms with E-state index < -0.39 is 0 Å². The van der Waals surface area contributed by atoms with Crippen LogP contribution in [0.3, 0.4) is 0 Å². The Bertz CT molecular complexity index is 724. The van der Waals surface area contributed by atoms with E-state index in [1.54, 1.807) is 0 Å². The highest BCUT2D eigenvalue weighted by Crippen LogP contribution is 2.28. The van der Waals surface area contributed by atoms with Crippen molar-refractivity contribution < 1.29 is 4.74 Å². The van der Waals surface area contributed by atoms with Crippen molar-refractivity contribution in [2.75, 3.05) is 39.3 Å². The lowest BCUT2D eigenvalue weighted by atomic mass is 9.88. The van der Waals surface area contributed by atoms with Crippen LogP contribution >= 0.6 is 0 Å². The first-order chi connectivity index (χ1) is 13.8. The van der Waals surface area contributed by atoms with Crippen LogP contribution in [0.2, 0.25) is 0 Å². The van der Waals surface area contributed by atoms with Crippen LogP contribution in [-0.4, -0.2) is 55.2 Å². The zero-order valence-corrected chi connectivity index (χ0v) is 17.2. The van der Waals surface area contributed by atoms with E-state index in [0.29, 0.717) is 6.10 Å². The maximum Gasteiger partial charge on any atom is 0.0828 e. The summed E-state index contributed by atoms with van der Waals surface area (Å²) in [5.74, 6) is 0.723. The van der Waals surface area contributed by atoms with E-state index in [-0.39, 0.29) is 0 Å². The Morgan fingerprint density at radius 3 is 2.54 bits per heavy atom. The number of hydrogen-bond acceptors (Lipinski definition) is 3. The van der Waals surface area contributed by atoms with Crippen molar-refractivity contribution >= 4 is 0 Å². The van der Waals surface area contributed by atoms with E-state index in [0.717, 1.165) is 45.1 Å². The van der Waals surface area contributed by atoms with Gasteiger partial charge in [-0.05, 0) is 56.3 Å². The number of likely N-dealkylation sites (tertiary alicyclic amines) is 1. The molecule has 2 aliphatic rings. The lowest BCUT2D eigenvalue weighted by Gasteiger charge is -2.35. The molecule has 3 nitrogen and oxygen atoms in total. The van der Waals surface area contributed by atoms with Crippen molar-refractivity contribution in [3.05, 3.63) is 71.3 Å². The number of hydrogen-bond donors (Lipinski definition) is 0. The molecule has 0 N–H and O–H groups in total. The average molecular weight is 379 g/mol. The average Bonchev–Trinajstić information content (AvgIpc) is 2.94. The Morgan fingerprint density at radius 2 is 1.75 bits per heavy atom. The standard InChI is InChI=1S/C25H34N2O/c1-21-7-5-10-24(17-21)23-11-14-26(15-12-23)19-25-20-27(13-6-16-28-25)18-22-8-3-2-4-9-22/h2-5,7-10,17,23,25H,6,11-16,18-20H2,1H3. The highest BCUT2D eigenvalue weighted by atomic mass is 16.5. The minimum Gasteiger partial charge on any atom is -0.376 e. The van der Waals surface area contributed by atoms with E-state index >= 15 is 0 Å².